The quantitative estimate of drug-likeness (QED) is 0.285. The smallest absolute Gasteiger partial charge is 0.214 e. The summed E-state index contributed by atoms with van der Waals surface area (Å²) in [5.74, 6) is 2.41. The Morgan fingerprint density at radius 2 is 1.76 bits per heavy atom. The zero-order valence-electron chi connectivity index (χ0n) is 18.0. The van der Waals surface area contributed by atoms with Crippen LogP contribution in [0, 0.1) is 5.82 Å². The number of ether oxygens (including phenoxy) is 2. The molecule has 3 heterocycles. The number of benzene rings is 2. The number of hydrogen-bond donors (Lipinski definition) is 0. The van der Waals surface area contributed by atoms with Gasteiger partial charge in [-0.15, -0.1) is 0 Å². The van der Waals surface area contributed by atoms with Crippen LogP contribution in [0.4, 0.5) is 4.39 Å². The number of rotatable bonds is 5. The molecule has 0 atom stereocenters. The van der Waals surface area contributed by atoms with E-state index in [-0.39, 0.29) is 12.4 Å². The molecular weight excluding hydrogens is 478 g/mol. The highest BCUT2D eigenvalue weighted by Crippen LogP contribution is 2.46. The standard InChI is InChI=1S/C26H19Cl2FN2O3/c27-17-3-1-4-18(28)24(17)25-16(26(34-31-25)14-7-8-14)13-32-23-12-11-22-20(30-23)10-9-15-19(29)5-2-6-21(15)33-22/h1-6,11-12,14H,7-10,13H2. The third kappa shape index (κ3) is 3.91. The molecule has 8 heteroatoms. The normalized spacial score (nSPS) is 14.7. The summed E-state index contributed by atoms with van der Waals surface area (Å²) >= 11 is 12.9. The molecule has 0 radical (unpaired) electrons. The van der Waals surface area contributed by atoms with Crippen molar-refractivity contribution in [1.29, 1.82) is 0 Å². The average Bonchev–Trinajstić information content (AvgIpc) is 3.61. The lowest BCUT2D eigenvalue weighted by molar-refractivity contribution is 0.287. The first-order valence-electron chi connectivity index (χ1n) is 11.1. The van der Waals surface area contributed by atoms with Gasteiger partial charge in [-0.25, -0.2) is 9.37 Å². The summed E-state index contributed by atoms with van der Waals surface area (Å²) in [6, 6.07) is 13.7. The zero-order chi connectivity index (χ0) is 23.2. The number of halogens is 3. The second-order valence-corrected chi connectivity index (χ2v) is 9.26. The predicted molar refractivity (Wildman–Crippen MR) is 126 cm³/mol. The third-order valence-corrected chi connectivity index (χ3v) is 6.78. The van der Waals surface area contributed by atoms with Crippen LogP contribution in [-0.2, 0) is 19.4 Å². The van der Waals surface area contributed by atoms with Crippen molar-refractivity contribution >= 4 is 23.2 Å². The number of pyridine rings is 1. The number of nitrogens with zero attached hydrogens (tertiary/aromatic N) is 2. The lowest BCUT2D eigenvalue weighted by Gasteiger charge is -2.11. The fourth-order valence-corrected chi connectivity index (χ4v) is 4.83. The molecule has 1 fully saturated rings. The number of hydrogen-bond acceptors (Lipinski definition) is 5. The molecular formula is C26H19Cl2FN2O3. The van der Waals surface area contributed by atoms with E-state index in [1.165, 1.54) is 6.07 Å². The van der Waals surface area contributed by atoms with Gasteiger partial charge in [-0.1, -0.05) is 40.5 Å². The van der Waals surface area contributed by atoms with Gasteiger partial charge in [0.15, 0.2) is 0 Å². The van der Waals surface area contributed by atoms with Crippen LogP contribution in [0.15, 0.2) is 53.1 Å². The highest BCUT2D eigenvalue weighted by molar-refractivity contribution is 6.39. The van der Waals surface area contributed by atoms with Crippen LogP contribution in [0.5, 0.6) is 17.4 Å². The Bertz CT molecular complexity index is 1380. The van der Waals surface area contributed by atoms with Gasteiger partial charge in [-0.05, 0) is 56.0 Å². The molecule has 172 valence electrons. The minimum Gasteiger partial charge on any atom is -0.473 e. The van der Waals surface area contributed by atoms with Gasteiger partial charge in [0.05, 0.1) is 21.3 Å². The lowest BCUT2D eigenvalue weighted by Crippen LogP contribution is -2.03. The Balaban J connectivity index is 1.28. The molecule has 0 amide bonds. The van der Waals surface area contributed by atoms with Crippen LogP contribution in [0.2, 0.25) is 10.0 Å². The van der Waals surface area contributed by atoms with Crippen molar-refractivity contribution in [3.05, 3.63) is 87.0 Å². The van der Waals surface area contributed by atoms with Crippen molar-refractivity contribution < 1.29 is 18.4 Å². The number of aryl methyl sites for hydroxylation is 1. The molecule has 34 heavy (non-hydrogen) atoms. The first kappa shape index (κ1) is 21.4. The highest BCUT2D eigenvalue weighted by atomic mass is 35.5. The van der Waals surface area contributed by atoms with E-state index in [1.807, 2.05) is 0 Å². The van der Waals surface area contributed by atoms with Gasteiger partial charge in [0, 0.05) is 23.1 Å². The van der Waals surface area contributed by atoms with Gasteiger partial charge in [0.25, 0.3) is 0 Å². The summed E-state index contributed by atoms with van der Waals surface area (Å²) < 4.78 is 31.9. The zero-order valence-corrected chi connectivity index (χ0v) is 19.5. The Hall–Kier alpha value is -3.09. The van der Waals surface area contributed by atoms with Gasteiger partial charge < -0.3 is 14.0 Å². The monoisotopic (exact) mass is 496 g/mol. The molecule has 5 nitrogen and oxygen atoms in total. The van der Waals surface area contributed by atoms with Crippen molar-refractivity contribution in [2.24, 2.45) is 0 Å². The molecule has 4 aromatic rings. The second kappa shape index (κ2) is 8.60. The summed E-state index contributed by atoms with van der Waals surface area (Å²) in [4.78, 5) is 4.64. The predicted octanol–water partition coefficient (Wildman–Crippen LogP) is 7.53. The summed E-state index contributed by atoms with van der Waals surface area (Å²) in [6.45, 7) is 0.202. The van der Waals surface area contributed by atoms with Crippen LogP contribution in [0.3, 0.4) is 0 Å². The van der Waals surface area contributed by atoms with E-state index < -0.39 is 0 Å². The lowest BCUT2D eigenvalue weighted by atomic mass is 10.0. The summed E-state index contributed by atoms with van der Waals surface area (Å²) in [5, 5.41) is 5.29. The number of fused-ring (bicyclic) bond motifs is 2. The molecule has 1 aliphatic heterocycles. The minimum atomic E-state index is -0.271. The van der Waals surface area contributed by atoms with E-state index in [0.717, 1.165) is 29.9 Å². The van der Waals surface area contributed by atoms with Gasteiger partial charge in [-0.2, -0.15) is 0 Å². The first-order chi connectivity index (χ1) is 16.6. The Kier molecular flexibility index (Phi) is 5.42. The van der Waals surface area contributed by atoms with E-state index in [2.05, 4.69) is 10.1 Å². The maximum absolute atomic E-state index is 14.2. The molecule has 0 bridgehead atoms. The molecule has 2 aromatic carbocycles. The molecule has 6 rings (SSSR count). The molecule has 2 aromatic heterocycles. The van der Waals surface area contributed by atoms with Crippen molar-refractivity contribution in [3.63, 3.8) is 0 Å². The topological polar surface area (TPSA) is 57.4 Å². The van der Waals surface area contributed by atoms with Crippen LogP contribution in [-0.4, -0.2) is 10.1 Å². The largest absolute Gasteiger partial charge is 0.473 e. The maximum atomic E-state index is 14.2. The SMILES string of the molecule is Fc1cccc2c1CCc1nc(OCc3c(-c4c(Cl)cccc4Cl)noc3C3CC3)ccc1O2. The van der Waals surface area contributed by atoms with Crippen molar-refractivity contribution in [3.8, 4) is 28.6 Å². The van der Waals surface area contributed by atoms with E-state index in [4.69, 9.17) is 37.2 Å². The molecule has 0 spiro atoms. The van der Waals surface area contributed by atoms with Crippen LogP contribution in [0.25, 0.3) is 11.3 Å². The van der Waals surface area contributed by atoms with Crippen LogP contribution < -0.4 is 9.47 Å². The van der Waals surface area contributed by atoms with Crippen molar-refractivity contribution in [2.75, 3.05) is 0 Å². The Morgan fingerprint density at radius 1 is 0.971 bits per heavy atom. The van der Waals surface area contributed by atoms with E-state index >= 15 is 0 Å². The first-order valence-corrected chi connectivity index (χ1v) is 11.8. The molecule has 1 aliphatic carbocycles. The highest BCUT2D eigenvalue weighted by Gasteiger charge is 2.33. The number of aromatic nitrogens is 2. The average molecular weight is 497 g/mol. The molecule has 0 unspecified atom stereocenters. The Morgan fingerprint density at radius 3 is 2.56 bits per heavy atom. The van der Waals surface area contributed by atoms with E-state index in [9.17, 15) is 4.39 Å². The van der Waals surface area contributed by atoms with Crippen molar-refractivity contribution in [2.45, 2.75) is 38.2 Å². The minimum absolute atomic E-state index is 0.202. The second-order valence-electron chi connectivity index (χ2n) is 8.45. The van der Waals surface area contributed by atoms with E-state index in [1.54, 1.807) is 42.5 Å². The maximum Gasteiger partial charge on any atom is 0.214 e. The van der Waals surface area contributed by atoms with Gasteiger partial charge in [0.2, 0.25) is 5.88 Å². The Labute approximate surface area is 205 Å². The molecule has 2 aliphatic rings. The van der Waals surface area contributed by atoms with Crippen molar-refractivity contribution in [1.82, 2.24) is 10.1 Å². The van der Waals surface area contributed by atoms with Crippen LogP contribution >= 0.6 is 23.2 Å². The van der Waals surface area contributed by atoms with Crippen LogP contribution in [0.1, 0.15) is 41.3 Å². The van der Waals surface area contributed by atoms with Gasteiger partial charge in [0.1, 0.15) is 35.4 Å². The fourth-order valence-electron chi connectivity index (χ4n) is 4.25. The summed E-state index contributed by atoms with van der Waals surface area (Å²) in [5.41, 5.74) is 3.31. The molecule has 0 saturated heterocycles. The molecule has 1 saturated carbocycles. The fraction of sp³-hybridized carbons (Fsp3) is 0.231. The van der Waals surface area contributed by atoms with Gasteiger partial charge in [-0.3, -0.25) is 0 Å². The summed E-state index contributed by atoms with van der Waals surface area (Å²) in [6.07, 6.45) is 3.13. The van der Waals surface area contributed by atoms with Gasteiger partial charge >= 0.3 is 0 Å². The van der Waals surface area contributed by atoms with E-state index in [0.29, 0.717) is 63.0 Å². The third-order valence-electron chi connectivity index (χ3n) is 6.15. The molecule has 0 N–H and O–H groups in total. The summed E-state index contributed by atoms with van der Waals surface area (Å²) in [7, 11) is 0.